The summed E-state index contributed by atoms with van der Waals surface area (Å²) in [4.78, 5) is 1.33. The molecule has 0 amide bonds. The zero-order chi connectivity index (χ0) is 13.6. The fraction of sp³-hybridized carbons (Fsp3) is 0.714. The van der Waals surface area contributed by atoms with Crippen molar-refractivity contribution in [1.29, 1.82) is 0 Å². The Bertz CT molecular complexity index is 351. The second kappa shape index (κ2) is 7.49. The molecule has 0 bridgehead atoms. The Balaban J connectivity index is 2.60. The minimum Gasteiger partial charge on any atom is -0.379 e. The van der Waals surface area contributed by atoms with Crippen molar-refractivity contribution in [1.82, 2.24) is 5.32 Å². The van der Waals surface area contributed by atoms with E-state index in [-0.39, 0.29) is 5.60 Å². The van der Waals surface area contributed by atoms with Crippen molar-refractivity contribution in [2.24, 2.45) is 0 Å². The zero-order valence-corrected chi connectivity index (χ0v) is 13.3. The molecule has 1 unspecified atom stereocenters. The molecule has 1 atom stereocenters. The summed E-state index contributed by atoms with van der Waals surface area (Å²) in [6, 6.07) is 4.53. The van der Waals surface area contributed by atoms with Gasteiger partial charge in [-0.15, -0.1) is 11.3 Å². The summed E-state index contributed by atoms with van der Waals surface area (Å²) in [5.74, 6) is 0. The molecule has 1 aromatic rings. The van der Waals surface area contributed by atoms with Crippen LogP contribution in [0.15, 0.2) is 12.1 Å². The van der Waals surface area contributed by atoms with Gasteiger partial charge in [-0.3, -0.25) is 0 Å². The fourth-order valence-electron chi connectivity index (χ4n) is 1.95. The molecular formula is C14H24ClNOS. The van der Waals surface area contributed by atoms with Crippen LogP contribution < -0.4 is 5.32 Å². The Morgan fingerprint density at radius 1 is 1.44 bits per heavy atom. The van der Waals surface area contributed by atoms with Crippen LogP contribution in [-0.2, 0) is 11.2 Å². The van der Waals surface area contributed by atoms with Gasteiger partial charge in [0.05, 0.1) is 9.94 Å². The van der Waals surface area contributed by atoms with E-state index in [0.29, 0.717) is 6.04 Å². The highest BCUT2D eigenvalue weighted by Gasteiger charge is 2.23. The summed E-state index contributed by atoms with van der Waals surface area (Å²) in [6.45, 7) is 7.50. The fourth-order valence-corrected chi connectivity index (χ4v) is 3.11. The lowest BCUT2D eigenvalue weighted by atomic mass is 9.96. The van der Waals surface area contributed by atoms with Crippen molar-refractivity contribution in [3.8, 4) is 0 Å². The number of hydrogen-bond donors (Lipinski definition) is 1. The van der Waals surface area contributed by atoms with Gasteiger partial charge >= 0.3 is 0 Å². The first-order valence-electron chi connectivity index (χ1n) is 6.49. The minimum atomic E-state index is -0.0908. The highest BCUT2D eigenvalue weighted by atomic mass is 35.5. The molecule has 1 N–H and O–H groups in total. The topological polar surface area (TPSA) is 21.3 Å². The highest BCUT2D eigenvalue weighted by molar-refractivity contribution is 7.16. The van der Waals surface area contributed by atoms with Gasteiger partial charge in [0.1, 0.15) is 0 Å². The predicted molar refractivity (Wildman–Crippen MR) is 80.8 cm³/mol. The standard InChI is InChI=1S/C14H24ClNOS/c1-5-8-16-11(10-14(2,3)17-4)9-12-6-7-13(15)18-12/h6-7,11,16H,5,8-10H2,1-4H3. The Morgan fingerprint density at radius 2 is 2.17 bits per heavy atom. The van der Waals surface area contributed by atoms with Gasteiger partial charge in [0.25, 0.3) is 0 Å². The number of ether oxygens (including phenoxy) is 1. The number of nitrogens with one attached hydrogen (secondary N) is 1. The van der Waals surface area contributed by atoms with E-state index in [0.717, 1.165) is 30.1 Å². The molecule has 104 valence electrons. The summed E-state index contributed by atoms with van der Waals surface area (Å²) in [7, 11) is 1.78. The van der Waals surface area contributed by atoms with E-state index in [1.807, 2.05) is 6.07 Å². The maximum Gasteiger partial charge on any atom is 0.0931 e. The van der Waals surface area contributed by atoms with E-state index in [4.69, 9.17) is 16.3 Å². The molecule has 0 aliphatic rings. The van der Waals surface area contributed by atoms with Crippen LogP contribution in [0.25, 0.3) is 0 Å². The summed E-state index contributed by atoms with van der Waals surface area (Å²) in [5, 5.41) is 3.60. The summed E-state index contributed by atoms with van der Waals surface area (Å²) in [5.41, 5.74) is -0.0908. The average Bonchev–Trinajstić information content (AvgIpc) is 2.71. The number of rotatable bonds is 8. The molecule has 0 aliphatic carbocycles. The third-order valence-electron chi connectivity index (χ3n) is 3.05. The monoisotopic (exact) mass is 289 g/mol. The third-order valence-corrected chi connectivity index (χ3v) is 4.30. The lowest BCUT2D eigenvalue weighted by Crippen LogP contribution is -2.39. The first-order valence-corrected chi connectivity index (χ1v) is 7.69. The van der Waals surface area contributed by atoms with Crippen LogP contribution in [-0.4, -0.2) is 25.3 Å². The Morgan fingerprint density at radius 3 is 2.67 bits per heavy atom. The molecule has 0 saturated carbocycles. The lowest BCUT2D eigenvalue weighted by Gasteiger charge is -2.29. The maximum atomic E-state index is 5.98. The molecule has 4 heteroatoms. The molecule has 0 fully saturated rings. The lowest BCUT2D eigenvalue weighted by molar-refractivity contribution is 0.00720. The molecule has 1 heterocycles. The molecule has 0 aromatic carbocycles. The number of hydrogen-bond acceptors (Lipinski definition) is 3. The summed E-state index contributed by atoms with van der Waals surface area (Å²) in [6.07, 6.45) is 3.16. The molecule has 0 spiro atoms. The highest BCUT2D eigenvalue weighted by Crippen LogP contribution is 2.25. The smallest absolute Gasteiger partial charge is 0.0931 e. The number of thiophene rings is 1. The first-order chi connectivity index (χ1) is 8.46. The average molecular weight is 290 g/mol. The van der Waals surface area contributed by atoms with Crippen LogP contribution in [0.4, 0.5) is 0 Å². The van der Waals surface area contributed by atoms with Crippen LogP contribution in [0.2, 0.25) is 4.34 Å². The Labute approximate surface area is 120 Å². The molecular weight excluding hydrogens is 266 g/mol. The second-order valence-electron chi connectivity index (χ2n) is 5.23. The van der Waals surface area contributed by atoms with Gasteiger partial charge in [-0.1, -0.05) is 18.5 Å². The van der Waals surface area contributed by atoms with Gasteiger partial charge in [0, 0.05) is 18.0 Å². The van der Waals surface area contributed by atoms with Gasteiger partial charge in [-0.2, -0.15) is 0 Å². The zero-order valence-electron chi connectivity index (χ0n) is 11.8. The van der Waals surface area contributed by atoms with Gasteiger partial charge in [-0.05, 0) is 51.8 Å². The first kappa shape index (κ1) is 16.0. The van der Waals surface area contributed by atoms with E-state index in [9.17, 15) is 0 Å². The van der Waals surface area contributed by atoms with Crippen molar-refractivity contribution in [3.63, 3.8) is 0 Å². The quantitative estimate of drug-likeness (QED) is 0.777. The van der Waals surface area contributed by atoms with Gasteiger partial charge < -0.3 is 10.1 Å². The van der Waals surface area contributed by atoms with Crippen LogP contribution in [0.5, 0.6) is 0 Å². The maximum absolute atomic E-state index is 5.98. The van der Waals surface area contributed by atoms with Crippen LogP contribution in [0.1, 0.15) is 38.5 Å². The number of halogens is 1. The van der Waals surface area contributed by atoms with Crippen molar-refractivity contribution >= 4 is 22.9 Å². The van der Waals surface area contributed by atoms with E-state index < -0.39 is 0 Å². The minimum absolute atomic E-state index is 0.0908. The molecule has 0 radical (unpaired) electrons. The van der Waals surface area contributed by atoms with E-state index in [2.05, 4.69) is 32.2 Å². The third kappa shape index (κ3) is 5.70. The molecule has 2 nitrogen and oxygen atoms in total. The van der Waals surface area contributed by atoms with Crippen molar-refractivity contribution in [2.75, 3.05) is 13.7 Å². The Hall–Kier alpha value is -0.0900. The normalized spacial score (nSPS) is 13.8. The molecule has 18 heavy (non-hydrogen) atoms. The molecule has 0 saturated heterocycles. The summed E-state index contributed by atoms with van der Waals surface area (Å²) >= 11 is 7.65. The predicted octanol–water partition coefficient (Wildman–Crippen LogP) is 4.13. The SMILES string of the molecule is CCCNC(Cc1ccc(Cl)s1)CC(C)(C)OC. The molecule has 1 rings (SSSR count). The largest absolute Gasteiger partial charge is 0.379 e. The molecule has 1 aromatic heterocycles. The van der Waals surface area contributed by atoms with Crippen molar-refractivity contribution < 1.29 is 4.74 Å². The van der Waals surface area contributed by atoms with Crippen LogP contribution >= 0.6 is 22.9 Å². The van der Waals surface area contributed by atoms with Crippen LogP contribution in [0.3, 0.4) is 0 Å². The van der Waals surface area contributed by atoms with Gasteiger partial charge in [-0.25, -0.2) is 0 Å². The summed E-state index contributed by atoms with van der Waals surface area (Å²) < 4.78 is 6.39. The van der Waals surface area contributed by atoms with E-state index in [1.54, 1.807) is 18.4 Å². The molecule has 0 aliphatic heterocycles. The van der Waals surface area contributed by atoms with Crippen molar-refractivity contribution in [2.45, 2.75) is 51.7 Å². The van der Waals surface area contributed by atoms with E-state index in [1.165, 1.54) is 4.88 Å². The van der Waals surface area contributed by atoms with Gasteiger partial charge in [0.15, 0.2) is 0 Å². The van der Waals surface area contributed by atoms with Gasteiger partial charge in [0.2, 0.25) is 0 Å². The van der Waals surface area contributed by atoms with Crippen LogP contribution in [0, 0.1) is 0 Å². The van der Waals surface area contributed by atoms with Crippen molar-refractivity contribution in [3.05, 3.63) is 21.3 Å². The Kier molecular flexibility index (Phi) is 6.64. The van der Waals surface area contributed by atoms with E-state index >= 15 is 0 Å². The number of methoxy groups -OCH3 is 1. The second-order valence-corrected chi connectivity index (χ2v) is 7.03.